The fraction of sp³-hybridized carbons (Fsp3) is 0.167. The highest BCUT2D eigenvalue weighted by Crippen LogP contribution is 2.28. The zero-order chi connectivity index (χ0) is 19.4. The number of halogens is 3. The Labute approximate surface area is 152 Å². The number of benzene rings is 1. The predicted octanol–water partition coefficient (Wildman–Crippen LogP) is 3.94. The third-order valence-corrected chi connectivity index (χ3v) is 3.50. The Morgan fingerprint density at radius 3 is 2.56 bits per heavy atom. The van der Waals surface area contributed by atoms with Crippen LogP contribution in [0.4, 0.5) is 18.9 Å². The molecule has 0 aliphatic carbocycles. The van der Waals surface area contributed by atoms with Crippen molar-refractivity contribution in [2.24, 2.45) is 0 Å². The number of para-hydroxylation sites is 1. The number of rotatable bonds is 5. The molecule has 2 aromatic heterocycles. The molecule has 0 bridgehead atoms. The van der Waals surface area contributed by atoms with Crippen LogP contribution in [0.25, 0.3) is 5.69 Å². The summed E-state index contributed by atoms with van der Waals surface area (Å²) in [5.74, 6) is -0.642. The van der Waals surface area contributed by atoms with Crippen LogP contribution in [-0.4, -0.2) is 27.3 Å². The van der Waals surface area contributed by atoms with Crippen LogP contribution in [0.1, 0.15) is 23.1 Å². The molecule has 0 saturated heterocycles. The number of nitrogens with one attached hydrogen (secondary N) is 1. The Balaban J connectivity index is 1.88. The van der Waals surface area contributed by atoms with Crippen LogP contribution in [0.5, 0.6) is 5.88 Å². The first-order valence-corrected chi connectivity index (χ1v) is 8.02. The number of carbonyl (C=O) groups is 1. The lowest BCUT2D eigenvalue weighted by atomic mass is 10.3. The van der Waals surface area contributed by atoms with Gasteiger partial charge in [0.05, 0.1) is 18.5 Å². The van der Waals surface area contributed by atoms with Crippen molar-refractivity contribution in [1.82, 2.24) is 14.8 Å². The molecular weight excluding hydrogens is 361 g/mol. The normalized spacial score (nSPS) is 11.3. The van der Waals surface area contributed by atoms with E-state index in [4.69, 9.17) is 4.74 Å². The van der Waals surface area contributed by atoms with Gasteiger partial charge in [0.25, 0.3) is 11.8 Å². The molecule has 0 radical (unpaired) electrons. The second kappa shape index (κ2) is 7.48. The molecule has 0 atom stereocenters. The van der Waals surface area contributed by atoms with Crippen LogP contribution >= 0.6 is 0 Å². The second-order valence-corrected chi connectivity index (χ2v) is 5.42. The average Bonchev–Trinajstić information content (AvgIpc) is 3.05. The first-order valence-electron chi connectivity index (χ1n) is 8.02. The Kier molecular flexibility index (Phi) is 5.11. The van der Waals surface area contributed by atoms with Gasteiger partial charge in [0.15, 0.2) is 0 Å². The highest BCUT2D eigenvalue weighted by atomic mass is 19.4. The van der Waals surface area contributed by atoms with E-state index in [0.29, 0.717) is 6.61 Å². The fourth-order valence-corrected chi connectivity index (χ4v) is 2.31. The average molecular weight is 376 g/mol. The molecule has 2 heterocycles. The zero-order valence-corrected chi connectivity index (χ0v) is 14.2. The minimum Gasteiger partial charge on any atom is -0.475 e. The molecule has 27 heavy (non-hydrogen) atoms. The van der Waals surface area contributed by atoms with Gasteiger partial charge in [-0.3, -0.25) is 4.79 Å². The number of carbonyl (C=O) groups excluding carboxylic acids is 1. The number of ether oxygens (including phenoxy) is 1. The molecule has 3 aromatic rings. The van der Waals surface area contributed by atoms with E-state index in [2.05, 4.69) is 15.4 Å². The largest absolute Gasteiger partial charge is 0.475 e. The summed E-state index contributed by atoms with van der Waals surface area (Å²) >= 11 is 0. The summed E-state index contributed by atoms with van der Waals surface area (Å²) in [5.41, 5.74) is -0.541. The van der Waals surface area contributed by atoms with Crippen LogP contribution in [0.15, 0.2) is 54.7 Å². The molecule has 0 fully saturated rings. The number of pyridine rings is 1. The number of hydrogen-bond acceptors (Lipinski definition) is 4. The first-order chi connectivity index (χ1) is 12.9. The molecule has 0 aliphatic rings. The number of nitrogens with zero attached hydrogens (tertiary/aromatic N) is 3. The molecule has 1 aromatic carbocycles. The molecule has 0 saturated carbocycles. The lowest BCUT2D eigenvalue weighted by molar-refractivity contribution is -0.141. The van der Waals surface area contributed by atoms with Gasteiger partial charge >= 0.3 is 6.18 Å². The molecule has 1 amide bonds. The smallest absolute Gasteiger partial charge is 0.433 e. The molecule has 3 rings (SSSR count). The van der Waals surface area contributed by atoms with Gasteiger partial charge < -0.3 is 10.1 Å². The van der Waals surface area contributed by atoms with Crippen molar-refractivity contribution in [3.63, 3.8) is 0 Å². The van der Waals surface area contributed by atoms with Crippen LogP contribution in [-0.2, 0) is 6.18 Å². The van der Waals surface area contributed by atoms with Crippen LogP contribution in [0.2, 0.25) is 0 Å². The minimum absolute atomic E-state index is 0.154. The van der Waals surface area contributed by atoms with Gasteiger partial charge in [-0.15, -0.1) is 5.10 Å². The van der Waals surface area contributed by atoms with Gasteiger partial charge in [0, 0.05) is 0 Å². The number of amides is 1. The summed E-state index contributed by atoms with van der Waals surface area (Å²) in [5, 5.41) is 6.76. The molecule has 6 nitrogen and oxygen atoms in total. The van der Waals surface area contributed by atoms with Gasteiger partial charge in [-0.05, 0) is 31.2 Å². The number of aromatic nitrogens is 3. The summed E-state index contributed by atoms with van der Waals surface area (Å²) in [6, 6.07) is 12.2. The van der Waals surface area contributed by atoms with Gasteiger partial charge in [-0.25, -0.2) is 9.67 Å². The van der Waals surface area contributed by atoms with Gasteiger partial charge in [-0.1, -0.05) is 24.3 Å². The van der Waals surface area contributed by atoms with E-state index >= 15 is 0 Å². The van der Waals surface area contributed by atoms with E-state index in [0.717, 1.165) is 17.8 Å². The van der Waals surface area contributed by atoms with Crippen LogP contribution < -0.4 is 10.1 Å². The maximum Gasteiger partial charge on any atom is 0.433 e. The van der Waals surface area contributed by atoms with Crippen molar-refractivity contribution in [3.8, 4) is 11.6 Å². The van der Waals surface area contributed by atoms with Crippen LogP contribution in [0, 0.1) is 0 Å². The molecule has 9 heteroatoms. The number of anilines is 1. The van der Waals surface area contributed by atoms with Crippen molar-refractivity contribution in [3.05, 3.63) is 66.1 Å². The van der Waals surface area contributed by atoms with E-state index in [1.165, 1.54) is 16.9 Å². The van der Waals surface area contributed by atoms with Crippen molar-refractivity contribution in [1.29, 1.82) is 0 Å². The SMILES string of the molecule is CCOc1nn(-c2ccccc2)cc1NC(=O)c1cccc(C(F)(F)F)n1. The lowest BCUT2D eigenvalue weighted by Gasteiger charge is -2.08. The summed E-state index contributed by atoms with van der Waals surface area (Å²) in [4.78, 5) is 15.7. The summed E-state index contributed by atoms with van der Waals surface area (Å²) in [7, 11) is 0. The molecule has 1 N–H and O–H groups in total. The van der Waals surface area contributed by atoms with Crippen molar-refractivity contribution in [2.45, 2.75) is 13.1 Å². The zero-order valence-electron chi connectivity index (χ0n) is 14.2. The standard InChI is InChI=1S/C18H15F3N4O2/c1-2-27-17-14(11-25(24-17)12-7-4-3-5-8-12)23-16(26)13-9-6-10-15(22-13)18(19,20)21/h3-11H,2H2,1H3,(H,23,26). The van der Waals surface area contributed by atoms with E-state index < -0.39 is 17.8 Å². The quantitative estimate of drug-likeness (QED) is 0.732. The second-order valence-electron chi connectivity index (χ2n) is 5.42. The molecule has 140 valence electrons. The summed E-state index contributed by atoms with van der Waals surface area (Å²) in [6.45, 7) is 2.05. The monoisotopic (exact) mass is 376 g/mol. The van der Waals surface area contributed by atoms with E-state index in [1.54, 1.807) is 6.92 Å². The van der Waals surface area contributed by atoms with Gasteiger partial charge in [0.1, 0.15) is 17.1 Å². The lowest BCUT2D eigenvalue weighted by Crippen LogP contribution is -2.17. The molecule has 0 unspecified atom stereocenters. The number of hydrogen-bond donors (Lipinski definition) is 1. The van der Waals surface area contributed by atoms with Crippen molar-refractivity contribution < 1.29 is 22.7 Å². The Morgan fingerprint density at radius 1 is 1.15 bits per heavy atom. The summed E-state index contributed by atoms with van der Waals surface area (Å²) in [6.07, 6.45) is -3.11. The predicted molar refractivity (Wildman–Crippen MR) is 91.9 cm³/mol. The fourth-order valence-electron chi connectivity index (χ4n) is 2.31. The van der Waals surface area contributed by atoms with E-state index in [-0.39, 0.29) is 17.3 Å². The number of alkyl halides is 3. The van der Waals surface area contributed by atoms with Crippen molar-refractivity contribution >= 4 is 11.6 Å². The summed E-state index contributed by atoms with van der Waals surface area (Å²) < 4.78 is 45.3. The highest BCUT2D eigenvalue weighted by Gasteiger charge is 2.33. The third-order valence-electron chi connectivity index (χ3n) is 3.50. The van der Waals surface area contributed by atoms with Gasteiger partial charge in [0.2, 0.25) is 0 Å². The van der Waals surface area contributed by atoms with E-state index in [9.17, 15) is 18.0 Å². The minimum atomic E-state index is -4.63. The Morgan fingerprint density at radius 2 is 1.89 bits per heavy atom. The maximum absolute atomic E-state index is 12.8. The first kappa shape index (κ1) is 18.4. The third kappa shape index (κ3) is 4.25. The van der Waals surface area contributed by atoms with Crippen LogP contribution in [0.3, 0.4) is 0 Å². The van der Waals surface area contributed by atoms with Crippen molar-refractivity contribution in [2.75, 3.05) is 11.9 Å². The topological polar surface area (TPSA) is 69.0 Å². The Hall–Kier alpha value is -3.36. The highest BCUT2D eigenvalue weighted by molar-refractivity contribution is 6.03. The molecule has 0 spiro atoms. The molecule has 0 aliphatic heterocycles. The maximum atomic E-state index is 12.8. The Bertz CT molecular complexity index is 939. The van der Waals surface area contributed by atoms with E-state index in [1.807, 2.05) is 30.3 Å². The molecular formula is C18H15F3N4O2. The van der Waals surface area contributed by atoms with Gasteiger partial charge in [-0.2, -0.15) is 13.2 Å².